The highest BCUT2D eigenvalue weighted by atomic mass is 16.5. The van der Waals surface area contributed by atoms with Crippen LogP contribution in [0.15, 0.2) is 65.2 Å². The normalized spacial score (nSPS) is 13.8. The van der Waals surface area contributed by atoms with E-state index >= 15 is 0 Å². The van der Waals surface area contributed by atoms with E-state index in [0.717, 1.165) is 43.4 Å². The van der Waals surface area contributed by atoms with Crippen LogP contribution in [-0.2, 0) is 24.2 Å². The molecule has 7 nitrogen and oxygen atoms in total. The lowest BCUT2D eigenvalue weighted by atomic mass is 9.88. The lowest BCUT2D eigenvalue weighted by Crippen LogP contribution is -2.37. The number of nitrogens with zero attached hydrogens (tertiary/aromatic N) is 2. The van der Waals surface area contributed by atoms with Crippen molar-refractivity contribution < 1.29 is 18.8 Å². The smallest absolute Gasteiger partial charge is 0.273 e. The van der Waals surface area contributed by atoms with Gasteiger partial charge in [0.1, 0.15) is 5.75 Å². The summed E-state index contributed by atoms with van der Waals surface area (Å²) >= 11 is 0. The molecule has 0 bridgehead atoms. The molecule has 0 atom stereocenters. The van der Waals surface area contributed by atoms with Crippen molar-refractivity contribution in [1.29, 1.82) is 0 Å². The van der Waals surface area contributed by atoms with Gasteiger partial charge in [0, 0.05) is 25.1 Å². The summed E-state index contributed by atoms with van der Waals surface area (Å²) in [6, 6.07) is 19.6. The predicted molar refractivity (Wildman–Crippen MR) is 138 cm³/mol. The zero-order valence-electron chi connectivity index (χ0n) is 20.9. The van der Waals surface area contributed by atoms with Gasteiger partial charge in [-0.3, -0.25) is 9.59 Å². The maximum atomic E-state index is 13.4. The number of hydrogen-bond acceptors (Lipinski definition) is 5. The Bertz CT molecular complexity index is 1110. The molecule has 0 spiro atoms. The van der Waals surface area contributed by atoms with Crippen LogP contribution in [0.1, 0.15) is 59.5 Å². The van der Waals surface area contributed by atoms with Gasteiger partial charge in [-0.05, 0) is 48.9 Å². The number of hydrogen-bond donors (Lipinski definition) is 1. The van der Waals surface area contributed by atoms with Crippen molar-refractivity contribution in [2.24, 2.45) is 5.92 Å². The number of amides is 2. The van der Waals surface area contributed by atoms with Gasteiger partial charge in [-0.2, -0.15) is 0 Å². The lowest BCUT2D eigenvalue weighted by Gasteiger charge is -2.28. The molecule has 7 heteroatoms. The quantitative estimate of drug-likeness (QED) is 0.418. The third kappa shape index (κ3) is 7.20. The third-order valence-electron chi connectivity index (χ3n) is 6.78. The highest BCUT2D eigenvalue weighted by Gasteiger charge is 2.27. The molecule has 36 heavy (non-hydrogen) atoms. The molecule has 1 aliphatic rings. The lowest BCUT2D eigenvalue weighted by molar-refractivity contribution is -0.137. The van der Waals surface area contributed by atoms with E-state index in [1.165, 1.54) is 12.0 Å². The highest BCUT2D eigenvalue weighted by molar-refractivity contribution is 5.92. The molecule has 1 aromatic heterocycles. The summed E-state index contributed by atoms with van der Waals surface area (Å²) in [5.41, 5.74) is 2.52. The summed E-state index contributed by atoms with van der Waals surface area (Å²) in [5.74, 6) is 1.28. The summed E-state index contributed by atoms with van der Waals surface area (Å²) < 4.78 is 10.7. The van der Waals surface area contributed by atoms with Gasteiger partial charge in [-0.15, -0.1) is 0 Å². The van der Waals surface area contributed by atoms with Crippen molar-refractivity contribution in [2.45, 2.75) is 51.5 Å². The summed E-state index contributed by atoms with van der Waals surface area (Å²) in [6.45, 7) is 1.40. The zero-order chi connectivity index (χ0) is 25.2. The van der Waals surface area contributed by atoms with E-state index in [4.69, 9.17) is 9.26 Å². The van der Waals surface area contributed by atoms with E-state index in [9.17, 15) is 9.59 Å². The van der Waals surface area contributed by atoms with E-state index in [0.29, 0.717) is 31.8 Å². The van der Waals surface area contributed by atoms with Crippen molar-refractivity contribution in [3.63, 3.8) is 0 Å². The molecule has 0 unspecified atom stereocenters. The van der Waals surface area contributed by atoms with Crippen LogP contribution in [0.3, 0.4) is 0 Å². The number of nitrogens with one attached hydrogen (secondary N) is 1. The van der Waals surface area contributed by atoms with Gasteiger partial charge < -0.3 is 19.5 Å². The van der Waals surface area contributed by atoms with Gasteiger partial charge in [0.2, 0.25) is 5.91 Å². The minimum atomic E-state index is -0.284. The maximum absolute atomic E-state index is 13.4. The molecule has 190 valence electrons. The fraction of sp³-hybridized carbons (Fsp3) is 0.414. The average Bonchev–Trinajstić information content (AvgIpc) is 3.41. The Morgan fingerprint density at radius 1 is 1.00 bits per heavy atom. The van der Waals surface area contributed by atoms with Crippen molar-refractivity contribution in [3.8, 4) is 5.75 Å². The Balaban J connectivity index is 1.34. The van der Waals surface area contributed by atoms with E-state index in [2.05, 4.69) is 22.6 Å². The molecule has 0 aliphatic heterocycles. The number of ether oxygens (including phenoxy) is 1. The summed E-state index contributed by atoms with van der Waals surface area (Å²) in [7, 11) is 1.63. The van der Waals surface area contributed by atoms with Gasteiger partial charge in [0.15, 0.2) is 11.5 Å². The second kappa shape index (κ2) is 12.9. The Kier molecular flexibility index (Phi) is 9.14. The largest absolute Gasteiger partial charge is 0.497 e. The van der Waals surface area contributed by atoms with Gasteiger partial charge in [-0.25, -0.2) is 0 Å². The molecule has 1 saturated carbocycles. The van der Waals surface area contributed by atoms with Crippen LogP contribution in [0.25, 0.3) is 0 Å². The van der Waals surface area contributed by atoms with E-state index < -0.39 is 0 Å². The highest BCUT2D eigenvalue weighted by Crippen LogP contribution is 2.26. The fourth-order valence-corrected chi connectivity index (χ4v) is 4.67. The molecule has 1 fully saturated rings. The van der Waals surface area contributed by atoms with Crippen LogP contribution < -0.4 is 10.1 Å². The monoisotopic (exact) mass is 489 g/mol. The first-order valence-electron chi connectivity index (χ1n) is 12.8. The summed E-state index contributed by atoms with van der Waals surface area (Å²) in [6.07, 6.45) is 6.76. The van der Waals surface area contributed by atoms with Gasteiger partial charge >= 0.3 is 0 Å². The number of carbonyl (C=O) groups excluding carboxylic acids is 2. The second-order valence-corrected chi connectivity index (χ2v) is 9.36. The van der Waals surface area contributed by atoms with Crippen LogP contribution in [0.4, 0.5) is 0 Å². The van der Waals surface area contributed by atoms with Crippen LogP contribution >= 0.6 is 0 Å². The molecule has 2 aromatic carbocycles. The molecular formula is C29H35N3O4. The van der Waals surface area contributed by atoms with Crippen LogP contribution in [-0.4, -0.2) is 42.1 Å². The minimum Gasteiger partial charge on any atom is -0.497 e. The first-order chi connectivity index (χ1) is 17.6. The first-order valence-corrected chi connectivity index (χ1v) is 12.8. The zero-order valence-corrected chi connectivity index (χ0v) is 20.9. The number of aromatic nitrogens is 1. The van der Waals surface area contributed by atoms with Gasteiger partial charge in [0.25, 0.3) is 5.91 Å². The van der Waals surface area contributed by atoms with Crippen molar-refractivity contribution >= 4 is 11.8 Å². The first kappa shape index (κ1) is 25.5. The number of carbonyl (C=O) groups is 2. The number of methoxy groups -OCH3 is 1. The molecule has 4 rings (SSSR count). The molecule has 1 heterocycles. The summed E-state index contributed by atoms with van der Waals surface area (Å²) in [4.78, 5) is 27.8. The maximum Gasteiger partial charge on any atom is 0.273 e. The molecule has 1 aliphatic carbocycles. The minimum absolute atomic E-state index is 0.0677. The molecule has 0 saturated heterocycles. The predicted octanol–water partition coefficient (Wildman–Crippen LogP) is 4.81. The van der Waals surface area contributed by atoms with E-state index in [1.807, 2.05) is 47.4 Å². The molecule has 2 amide bonds. The van der Waals surface area contributed by atoms with Crippen molar-refractivity contribution in [2.75, 3.05) is 20.2 Å². The summed E-state index contributed by atoms with van der Waals surface area (Å²) in [5, 5.41) is 6.86. The standard InChI is InChI=1S/C29H35N3O4/c1-35-25-14-12-23(13-15-25)16-18-30-28(33)27-20-26(36-31-27)21-32(19-17-22-8-4-2-5-9-22)29(34)24-10-6-3-7-11-24/h2,4-5,8-9,12-15,20,24H,3,6-7,10-11,16-19,21H2,1H3,(H,30,33). The average molecular weight is 490 g/mol. The number of rotatable bonds is 11. The van der Waals surface area contributed by atoms with Crippen LogP contribution in [0.5, 0.6) is 5.75 Å². The number of benzene rings is 2. The van der Waals surface area contributed by atoms with Crippen molar-refractivity contribution in [1.82, 2.24) is 15.4 Å². The van der Waals surface area contributed by atoms with Crippen LogP contribution in [0, 0.1) is 5.92 Å². The van der Waals surface area contributed by atoms with E-state index in [1.54, 1.807) is 13.2 Å². The van der Waals surface area contributed by atoms with Gasteiger partial charge in [0.05, 0.1) is 13.7 Å². The van der Waals surface area contributed by atoms with E-state index in [-0.39, 0.29) is 23.4 Å². The molecule has 3 aromatic rings. The SMILES string of the molecule is COc1ccc(CCNC(=O)c2cc(CN(CCc3ccccc3)C(=O)C3CCCCC3)on2)cc1. The Labute approximate surface area is 212 Å². The van der Waals surface area contributed by atoms with Crippen LogP contribution in [0.2, 0.25) is 0 Å². The third-order valence-corrected chi connectivity index (χ3v) is 6.78. The molecular weight excluding hydrogens is 454 g/mol. The van der Waals surface area contributed by atoms with Gasteiger partial charge in [-0.1, -0.05) is 66.9 Å². The van der Waals surface area contributed by atoms with Crippen molar-refractivity contribution in [3.05, 3.63) is 83.2 Å². The molecule has 0 radical (unpaired) electrons. The second-order valence-electron chi connectivity index (χ2n) is 9.36. The topological polar surface area (TPSA) is 84.7 Å². The fourth-order valence-electron chi connectivity index (χ4n) is 4.67. The Morgan fingerprint density at radius 2 is 1.72 bits per heavy atom. The Morgan fingerprint density at radius 3 is 2.44 bits per heavy atom. The Hall–Kier alpha value is -3.61. The molecule has 1 N–H and O–H groups in total.